The van der Waals surface area contributed by atoms with Gasteiger partial charge in [-0.05, 0) is 68.9 Å². The molecule has 4 rings (SSSR count). The van der Waals surface area contributed by atoms with Gasteiger partial charge in [0.15, 0.2) is 0 Å². The fraction of sp³-hybridized carbons (Fsp3) is 0.600. The number of quaternary nitrogens is 1. The molecule has 3 aromatic rings. The van der Waals surface area contributed by atoms with Crippen molar-refractivity contribution in [1.29, 1.82) is 0 Å². The van der Waals surface area contributed by atoms with Gasteiger partial charge in [-0.15, -0.1) is 11.3 Å². The van der Waals surface area contributed by atoms with E-state index in [0.29, 0.717) is 43.2 Å². The van der Waals surface area contributed by atoms with Crippen molar-refractivity contribution in [2.45, 2.75) is 77.9 Å². The number of rotatable bonds is 12. The Morgan fingerprint density at radius 1 is 1.26 bits per heavy atom. The van der Waals surface area contributed by atoms with Gasteiger partial charge in [-0.2, -0.15) is 0 Å². The van der Waals surface area contributed by atoms with Crippen LogP contribution in [0.15, 0.2) is 35.7 Å². The average Bonchev–Trinajstić information content (AvgIpc) is 3.59. The number of thiophene rings is 1. The molecule has 0 spiro atoms. The number of carbonyl (C=O) groups excluding carboxylic acids is 1. The molecule has 3 atom stereocenters. The summed E-state index contributed by atoms with van der Waals surface area (Å²) in [4.78, 5) is 21.9. The second-order valence-corrected chi connectivity index (χ2v) is 12.7. The highest BCUT2D eigenvalue weighted by atomic mass is 32.1. The molecule has 208 valence electrons. The number of hydrogen-bond acceptors (Lipinski definition) is 5. The molecule has 1 unspecified atom stereocenters. The molecule has 7 nitrogen and oxygen atoms in total. The van der Waals surface area contributed by atoms with Gasteiger partial charge < -0.3 is 24.6 Å². The van der Waals surface area contributed by atoms with E-state index in [1.807, 2.05) is 26.2 Å². The van der Waals surface area contributed by atoms with Gasteiger partial charge in [0, 0.05) is 29.3 Å². The van der Waals surface area contributed by atoms with Gasteiger partial charge in [-0.3, -0.25) is 4.79 Å². The molecule has 8 heteroatoms. The Kier molecular flexibility index (Phi) is 9.29. The van der Waals surface area contributed by atoms with Crippen LogP contribution in [0.5, 0.6) is 0 Å². The molecular weight excluding hydrogens is 494 g/mol. The van der Waals surface area contributed by atoms with Crippen LogP contribution in [0.3, 0.4) is 0 Å². The van der Waals surface area contributed by atoms with Crippen molar-refractivity contribution >= 4 is 28.3 Å². The van der Waals surface area contributed by atoms with Gasteiger partial charge in [0.05, 0.1) is 42.8 Å². The molecule has 0 aliphatic carbocycles. The zero-order valence-electron chi connectivity index (χ0n) is 23.9. The minimum Gasteiger partial charge on any atom is -0.633 e. The van der Waals surface area contributed by atoms with Crippen LogP contribution in [-0.2, 0) is 6.42 Å². The number of hydroxylamine groups is 3. The lowest BCUT2D eigenvalue weighted by Crippen LogP contribution is -2.52. The second kappa shape index (κ2) is 12.3. The number of aromatic nitrogens is 2. The van der Waals surface area contributed by atoms with Crippen molar-refractivity contribution in [2.24, 2.45) is 5.92 Å². The first kappa shape index (κ1) is 28.7. The number of hydrogen-bond donors (Lipinski definition) is 1. The minimum atomic E-state index is -0.231. The quantitative estimate of drug-likeness (QED) is 0.232. The third-order valence-electron chi connectivity index (χ3n) is 8.03. The summed E-state index contributed by atoms with van der Waals surface area (Å²) in [6.45, 7) is 10.4. The van der Waals surface area contributed by atoms with Gasteiger partial charge in [-0.1, -0.05) is 33.8 Å². The predicted octanol–water partition coefficient (Wildman–Crippen LogP) is 5.84. The van der Waals surface area contributed by atoms with E-state index in [1.165, 1.54) is 4.88 Å². The Morgan fingerprint density at radius 3 is 2.63 bits per heavy atom. The second-order valence-electron chi connectivity index (χ2n) is 11.7. The van der Waals surface area contributed by atoms with Crippen molar-refractivity contribution in [3.05, 3.63) is 57.2 Å². The monoisotopic (exact) mass is 539 g/mol. The van der Waals surface area contributed by atoms with E-state index in [9.17, 15) is 10.0 Å². The number of imidazole rings is 1. The van der Waals surface area contributed by atoms with Crippen LogP contribution in [0, 0.1) is 11.1 Å². The van der Waals surface area contributed by atoms with Crippen LogP contribution in [0.2, 0.25) is 0 Å². The summed E-state index contributed by atoms with van der Waals surface area (Å²) in [6.07, 6.45) is 4.54. The van der Waals surface area contributed by atoms with Gasteiger partial charge >= 0.3 is 0 Å². The number of benzene rings is 1. The fourth-order valence-corrected chi connectivity index (χ4v) is 6.70. The maximum absolute atomic E-state index is 13.5. The van der Waals surface area contributed by atoms with Gasteiger partial charge in [-0.25, -0.2) is 4.98 Å². The van der Waals surface area contributed by atoms with Crippen molar-refractivity contribution < 1.29 is 9.44 Å². The molecule has 1 saturated heterocycles. The normalized spacial score (nSPS) is 20.7. The molecule has 0 bridgehead atoms. The van der Waals surface area contributed by atoms with E-state index in [4.69, 9.17) is 4.98 Å². The lowest BCUT2D eigenvalue weighted by molar-refractivity contribution is -0.870. The largest absolute Gasteiger partial charge is 0.633 e. The third kappa shape index (κ3) is 6.65. The Bertz CT molecular complexity index is 1200. The SMILES string of the molecule is CCC(CC)n1c(Cc2cccs2)nc2cc(C(=O)N[C@@H](CC(C)C)C[N+]3([O-])CC[C@@H](N(C)C)C3)ccc21. The summed E-state index contributed by atoms with van der Waals surface area (Å²) in [7, 11) is 4.08. The minimum absolute atomic E-state index is 0.121. The first-order valence-corrected chi connectivity index (χ1v) is 15.1. The number of likely N-dealkylation sites (N-methyl/N-ethyl adjacent to an activating group) is 1. The third-order valence-corrected chi connectivity index (χ3v) is 8.91. The molecule has 1 amide bonds. The van der Waals surface area contributed by atoms with E-state index >= 15 is 0 Å². The van der Waals surface area contributed by atoms with Crippen molar-refractivity contribution in [2.75, 3.05) is 33.7 Å². The van der Waals surface area contributed by atoms with Gasteiger partial charge in [0.2, 0.25) is 0 Å². The number of carbonyl (C=O) groups is 1. The molecule has 3 heterocycles. The highest BCUT2D eigenvalue weighted by Gasteiger charge is 2.35. The van der Waals surface area contributed by atoms with Crippen LogP contribution >= 0.6 is 11.3 Å². The van der Waals surface area contributed by atoms with Crippen LogP contribution in [0.25, 0.3) is 11.0 Å². The molecule has 1 aliphatic heterocycles. The molecular formula is C30H45N5O2S. The van der Waals surface area contributed by atoms with Crippen LogP contribution in [0.1, 0.15) is 80.5 Å². The molecule has 38 heavy (non-hydrogen) atoms. The van der Waals surface area contributed by atoms with Crippen LogP contribution in [-0.4, -0.2) is 70.8 Å². The van der Waals surface area contributed by atoms with Crippen molar-refractivity contribution in [1.82, 2.24) is 19.8 Å². The zero-order chi connectivity index (χ0) is 27.4. The maximum Gasteiger partial charge on any atom is 0.251 e. The topological polar surface area (TPSA) is 73.2 Å². The first-order chi connectivity index (χ1) is 18.1. The Morgan fingerprint density at radius 2 is 2.03 bits per heavy atom. The molecule has 0 radical (unpaired) electrons. The average molecular weight is 540 g/mol. The Hall–Kier alpha value is -2.26. The summed E-state index contributed by atoms with van der Waals surface area (Å²) in [5.74, 6) is 1.32. The molecule has 1 fully saturated rings. The van der Waals surface area contributed by atoms with E-state index in [-0.39, 0.29) is 16.6 Å². The summed E-state index contributed by atoms with van der Waals surface area (Å²) in [5.41, 5.74) is 2.54. The number of amides is 1. The van der Waals surface area contributed by atoms with Crippen LogP contribution < -0.4 is 5.32 Å². The maximum atomic E-state index is 13.5. The number of nitrogens with one attached hydrogen (secondary N) is 1. The summed E-state index contributed by atoms with van der Waals surface area (Å²) in [6, 6.07) is 10.6. The lowest BCUT2D eigenvalue weighted by Gasteiger charge is -2.42. The number of fused-ring (bicyclic) bond motifs is 1. The molecule has 0 saturated carbocycles. The zero-order valence-corrected chi connectivity index (χ0v) is 24.8. The summed E-state index contributed by atoms with van der Waals surface area (Å²) in [5, 5.41) is 18.9. The highest BCUT2D eigenvalue weighted by Crippen LogP contribution is 2.29. The van der Waals surface area contributed by atoms with Crippen LogP contribution in [0.4, 0.5) is 0 Å². The van der Waals surface area contributed by atoms with E-state index < -0.39 is 0 Å². The number of nitrogens with zero attached hydrogens (tertiary/aromatic N) is 4. The van der Waals surface area contributed by atoms with Crippen molar-refractivity contribution in [3.8, 4) is 0 Å². The van der Waals surface area contributed by atoms with E-state index in [1.54, 1.807) is 11.3 Å². The fourth-order valence-electron chi connectivity index (χ4n) is 6.00. The van der Waals surface area contributed by atoms with Gasteiger partial charge in [0.1, 0.15) is 5.82 Å². The standard InChI is InChI=1S/C30H45N5O2S/c1-7-24(8-2)34-28-12-11-22(17-27(28)32-29(34)18-26-10-9-15-38-26)30(36)31-23(16-21(3)4)19-35(37)14-13-25(20-35)33(5)6/h9-12,15,17,21,23-25H,7-8,13-14,16,18-20H2,1-6H3,(H,31,36)/t23-,25+,35?/m0/s1. The van der Waals surface area contributed by atoms with Gasteiger partial charge in [0.25, 0.3) is 5.91 Å². The number of likely N-dealkylation sites (tertiary alicyclic amines) is 1. The molecule has 2 aromatic heterocycles. The van der Waals surface area contributed by atoms with Crippen molar-refractivity contribution in [3.63, 3.8) is 0 Å². The van der Waals surface area contributed by atoms with E-state index in [2.05, 4.69) is 66.1 Å². The lowest BCUT2D eigenvalue weighted by atomic mass is 10.0. The Balaban J connectivity index is 1.57. The first-order valence-electron chi connectivity index (χ1n) is 14.2. The predicted molar refractivity (Wildman–Crippen MR) is 158 cm³/mol. The highest BCUT2D eigenvalue weighted by molar-refractivity contribution is 7.09. The summed E-state index contributed by atoms with van der Waals surface area (Å²) >= 11 is 1.75. The smallest absolute Gasteiger partial charge is 0.251 e. The Labute approximate surface area is 232 Å². The van der Waals surface area contributed by atoms with E-state index in [0.717, 1.165) is 49.0 Å². The summed E-state index contributed by atoms with van der Waals surface area (Å²) < 4.78 is 2.14. The molecule has 1 aromatic carbocycles. The molecule has 1 aliphatic rings. The molecule has 1 N–H and O–H groups in total.